The van der Waals surface area contributed by atoms with E-state index in [0.29, 0.717) is 12.8 Å². The van der Waals surface area contributed by atoms with E-state index in [0.717, 1.165) is 51.4 Å². The molecule has 0 aliphatic carbocycles. The van der Waals surface area contributed by atoms with Crippen molar-refractivity contribution < 1.29 is 38.2 Å². The third-order valence-corrected chi connectivity index (χ3v) is 10.4. The number of hydrogen-bond donors (Lipinski definition) is 0. The number of aliphatic carboxylic acids is 1. The van der Waals surface area contributed by atoms with Gasteiger partial charge < -0.3 is 28.6 Å². The second-order valence-corrected chi connectivity index (χ2v) is 16.7. The molecule has 8 nitrogen and oxygen atoms in total. The fourth-order valence-corrected chi connectivity index (χ4v) is 6.77. The summed E-state index contributed by atoms with van der Waals surface area (Å²) >= 11 is 0. The molecule has 0 rings (SSSR count). The Labute approximate surface area is 339 Å². The van der Waals surface area contributed by atoms with E-state index in [1.165, 1.54) is 122 Å². The van der Waals surface area contributed by atoms with Crippen LogP contribution >= 0.6 is 0 Å². The van der Waals surface area contributed by atoms with E-state index in [4.69, 9.17) is 14.2 Å². The maximum atomic E-state index is 12.7. The van der Waals surface area contributed by atoms with Crippen LogP contribution in [0.2, 0.25) is 0 Å². The summed E-state index contributed by atoms with van der Waals surface area (Å²) in [7, 11) is 5.41. The quantitative estimate of drug-likeness (QED) is 0.0264. The van der Waals surface area contributed by atoms with Crippen molar-refractivity contribution in [1.82, 2.24) is 0 Å². The monoisotopic (exact) mass is 778 g/mol. The van der Waals surface area contributed by atoms with Gasteiger partial charge in [0.2, 0.25) is 0 Å². The maximum Gasteiger partial charge on any atom is 0.306 e. The Morgan fingerprint density at radius 1 is 0.545 bits per heavy atom. The van der Waals surface area contributed by atoms with Crippen molar-refractivity contribution in [2.24, 2.45) is 0 Å². The van der Waals surface area contributed by atoms with Crippen molar-refractivity contribution in [3.63, 3.8) is 0 Å². The fraction of sp³-hybridized carbons (Fsp3) is 0.851. The highest BCUT2D eigenvalue weighted by Gasteiger charge is 2.25. The van der Waals surface area contributed by atoms with Gasteiger partial charge in [0.25, 0.3) is 0 Å². The first-order valence-electron chi connectivity index (χ1n) is 22.9. The molecule has 0 aliphatic rings. The molecule has 0 aromatic carbocycles. The number of carbonyl (C=O) groups is 3. The zero-order valence-electron chi connectivity index (χ0n) is 36.6. The first-order valence-corrected chi connectivity index (χ1v) is 22.9. The molecule has 8 heteroatoms. The number of carboxylic acids is 1. The summed E-state index contributed by atoms with van der Waals surface area (Å²) in [5.74, 6) is -1.74. The molecule has 55 heavy (non-hydrogen) atoms. The molecule has 0 aromatic heterocycles. The Kier molecular flexibility index (Phi) is 37.1. The van der Waals surface area contributed by atoms with Gasteiger partial charge in [-0.25, -0.2) is 0 Å². The lowest BCUT2D eigenvalue weighted by molar-refractivity contribution is -0.889. The van der Waals surface area contributed by atoms with Gasteiger partial charge in [-0.3, -0.25) is 9.59 Å². The van der Waals surface area contributed by atoms with Crippen LogP contribution in [0.3, 0.4) is 0 Å². The number of likely N-dealkylation sites (N-methyl/N-ethyl adjacent to an activating group) is 1. The topological polar surface area (TPSA) is 102 Å². The van der Waals surface area contributed by atoms with E-state index in [-0.39, 0.29) is 42.7 Å². The second-order valence-electron chi connectivity index (χ2n) is 16.7. The van der Waals surface area contributed by atoms with Crippen LogP contribution in [-0.2, 0) is 28.6 Å². The predicted octanol–water partition coefficient (Wildman–Crippen LogP) is 11.1. The Bertz CT molecular complexity index is 957. The van der Waals surface area contributed by atoms with Crippen LogP contribution in [0.5, 0.6) is 0 Å². The van der Waals surface area contributed by atoms with Gasteiger partial charge in [0.1, 0.15) is 12.6 Å². The van der Waals surface area contributed by atoms with Crippen LogP contribution in [0, 0.1) is 0 Å². The molecule has 0 amide bonds. The van der Waals surface area contributed by atoms with Crippen molar-refractivity contribution in [2.45, 2.75) is 219 Å². The van der Waals surface area contributed by atoms with Gasteiger partial charge in [-0.1, -0.05) is 173 Å². The van der Waals surface area contributed by atoms with Crippen LogP contribution in [-0.4, -0.2) is 75.5 Å². The highest BCUT2D eigenvalue weighted by molar-refractivity contribution is 5.70. The van der Waals surface area contributed by atoms with Crippen LogP contribution in [0.25, 0.3) is 0 Å². The third kappa shape index (κ3) is 37.2. The highest BCUT2D eigenvalue weighted by Crippen LogP contribution is 2.15. The van der Waals surface area contributed by atoms with Gasteiger partial charge in [0.05, 0.1) is 40.3 Å². The Morgan fingerprint density at radius 2 is 0.945 bits per heavy atom. The molecule has 2 atom stereocenters. The number of unbranched alkanes of at least 4 members (excludes halogenated alkanes) is 24. The van der Waals surface area contributed by atoms with E-state index in [2.05, 4.69) is 38.2 Å². The number of hydrogen-bond acceptors (Lipinski definition) is 7. The Morgan fingerprint density at radius 3 is 1.40 bits per heavy atom. The fourth-order valence-electron chi connectivity index (χ4n) is 6.77. The molecule has 0 N–H and O–H groups in total. The molecule has 0 heterocycles. The van der Waals surface area contributed by atoms with Crippen LogP contribution in [0.1, 0.15) is 206 Å². The number of carbonyl (C=O) groups excluding carboxylic acids is 3. The summed E-state index contributed by atoms with van der Waals surface area (Å²) in [4.78, 5) is 36.9. The molecule has 0 aromatic rings. The minimum atomic E-state index is -1.12. The van der Waals surface area contributed by atoms with Gasteiger partial charge in [0.15, 0.2) is 6.10 Å². The molecular formula is C47H87NO7. The van der Waals surface area contributed by atoms with E-state index in [1.54, 1.807) is 21.1 Å². The van der Waals surface area contributed by atoms with Gasteiger partial charge in [0, 0.05) is 19.3 Å². The summed E-state index contributed by atoms with van der Waals surface area (Å²) in [5, 5.41) is 11.6. The lowest BCUT2D eigenvalue weighted by Gasteiger charge is -2.34. The number of allylic oxidation sites excluding steroid dienone is 4. The first-order chi connectivity index (χ1) is 26.6. The SMILES string of the molecule is CCCCC/C=C/C=C/CCCCCCCCC(=O)OCC(COCCC(C(=O)[O-])[N+](C)(C)C)OC(=O)CCCCCCCCCCCCCCCCCC. The largest absolute Gasteiger partial charge is 0.544 e. The van der Waals surface area contributed by atoms with Crippen molar-refractivity contribution in [1.29, 1.82) is 0 Å². The zero-order chi connectivity index (χ0) is 40.7. The van der Waals surface area contributed by atoms with Crippen molar-refractivity contribution >= 4 is 17.9 Å². The second kappa shape index (κ2) is 38.7. The molecule has 0 bridgehead atoms. The van der Waals surface area contributed by atoms with Gasteiger partial charge in [-0.05, 0) is 38.5 Å². The molecule has 0 saturated heterocycles. The average molecular weight is 778 g/mol. The molecular weight excluding hydrogens is 691 g/mol. The summed E-state index contributed by atoms with van der Waals surface area (Å²) in [6, 6.07) is -0.724. The molecule has 0 spiro atoms. The Balaban J connectivity index is 4.32. The number of esters is 2. The van der Waals surface area contributed by atoms with E-state index >= 15 is 0 Å². The normalized spacial score (nSPS) is 13.1. The smallest absolute Gasteiger partial charge is 0.306 e. The van der Waals surface area contributed by atoms with E-state index < -0.39 is 18.1 Å². The van der Waals surface area contributed by atoms with Crippen molar-refractivity contribution in [3.8, 4) is 0 Å². The molecule has 2 unspecified atom stereocenters. The average Bonchev–Trinajstić information content (AvgIpc) is 3.14. The standard InChI is InChI=1S/C47H87NO7/c1-6-8-10-12-14-16-18-20-22-24-26-28-30-32-34-36-38-46(50)55-43(41-53-40-39-44(47(51)52)48(3,4)5)42-54-45(49)37-35-33-31-29-27-25-23-21-19-17-15-13-11-9-7-2/h15,17,19,21,43-44H,6-14,16,18,20,22-42H2,1-5H3/b17-15+,21-19+. The van der Waals surface area contributed by atoms with Gasteiger partial charge in [-0.15, -0.1) is 0 Å². The molecule has 322 valence electrons. The lowest BCUT2D eigenvalue weighted by Crippen LogP contribution is -2.55. The third-order valence-electron chi connectivity index (χ3n) is 10.4. The van der Waals surface area contributed by atoms with Gasteiger partial charge >= 0.3 is 11.9 Å². The van der Waals surface area contributed by atoms with Crippen LogP contribution < -0.4 is 5.11 Å². The maximum absolute atomic E-state index is 12.7. The number of ether oxygens (including phenoxy) is 3. The van der Waals surface area contributed by atoms with Crippen LogP contribution in [0.15, 0.2) is 24.3 Å². The van der Waals surface area contributed by atoms with E-state index in [9.17, 15) is 19.5 Å². The van der Waals surface area contributed by atoms with Crippen molar-refractivity contribution in [3.05, 3.63) is 24.3 Å². The summed E-state index contributed by atoms with van der Waals surface area (Å²) in [5.41, 5.74) is 0. The van der Waals surface area contributed by atoms with Crippen LogP contribution in [0.4, 0.5) is 0 Å². The molecule has 0 aliphatic heterocycles. The minimum Gasteiger partial charge on any atom is -0.544 e. The number of nitrogens with zero attached hydrogens (tertiary/aromatic N) is 1. The zero-order valence-corrected chi connectivity index (χ0v) is 36.6. The molecule has 0 saturated carbocycles. The number of carboxylic acid groups (broad SMARTS) is 1. The minimum absolute atomic E-state index is 0.0410. The van der Waals surface area contributed by atoms with Crippen molar-refractivity contribution in [2.75, 3.05) is 41.0 Å². The highest BCUT2D eigenvalue weighted by atomic mass is 16.6. The van der Waals surface area contributed by atoms with Gasteiger partial charge in [-0.2, -0.15) is 0 Å². The number of rotatable bonds is 41. The van der Waals surface area contributed by atoms with E-state index in [1.807, 2.05) is 0 Å². The summed E-state index contributed by atoms with van der Waals surface area (Å²) in [6.45, 7) is 4.64. The first kappa shape index (κ1) is 52.8. The summed E-state index contributed by atoms with van der Waals surface area (Å²) in [6.07, 6.45) is 41.9. The predicted molar refractivity (Wildman–Crippen MR) is 227 cm³/mol. The summed E-state index contributed by atoms with van der Waals surface area (Å²) < 4.78 is 17.2. The Hall–Kier alpha value is -2.19. The lowest BCUT2D eigenvalue weighted by atomic mass is 10.0. The molecule has 0 fully saturated rings. The number of quaternary nitrogens is 1. The molecule has 0 radical (unpaired) electrons.